The van der Waals surface area contributed by atoms with Gasteiger partial charge in [-0.15, -0.1) is 0 Å². The molecule has 0 unspecified atom stereocenters. The first-order chi connectivity index (χ1) is 10.00. The lowest BCUT2D eigenvalue weighted by atomic mass is 10.3. The van der Waals surface area contributed by atoms with Crippen LogP contribution in [-0.4, -0.2) is 16.8 Å². The lowest BCUT2D eigenvalue weighted by Crippen LogP contribution is -2.11. The maximum absolute atomic E-state index is 10.7. The van der Waals surface area contributed by atoms with Gasteiger partial charge in [-0.3, -0.25) is 0 Å². The van der Waals surface area contributed by atoms with E-state index in [-0.39, 0.29) is 4.90 Å². The minimum atomic E-state index is -3.72. The van der Waals surface area contributed by atoms with E-state index in [0.29, 0.717) is 5.69 Å². The van der Waals surface area contributed by atoms with Crippen LogP contribution in [0.3, 0.4) is 0 Å². The summed E-state index contributed by atoms with van der Waals surface area (Å²) >= 11 is 0. The van der Waals surface area contributed by atoms with Crippen LogP contribution in [0, 0.1) is 0 Å². The highest BCUT2D eigenvalue weighted by Crippen LogP contribution is 2.08. The molecule has 4 N–H and O–H groups in total. The molecule has 2 aromatic rings. The van der Waals surface area contributed by atoms with E-state index in [0.717, 1.165) is 0 Å². The molecule has 0 aromatic heterocycles. The molecule has 2 aromatic carbocycles. The van der Waals surface area contributed by atoms with Crippen LogP contribution in [0.25, 0.3) is 0 Å². The Bertz CT molecular complexity index is 715. The Balaban J connectivity index is 0.000000338. The van der Waals surface area contributed by atoms with E-state index in [1.807, 2.05) is 36.4 Å². The van der Waals surface area contributed by atoms with Crippen molar-refractivity contribution in [2.24, 2.45) is 5.14 Å². The standard InChI is InChI=1S/C6H8N2O2S.C6H6.Cl2O2S/c7-5-1-3-6(4-2-5)11(8,9)10;1-2-4-6-5-3-1;1-5(2,3)4/h1-4H,7H2,(H2,8,9,10);1-6H;. The summed E-state index contributed by atoms with van der Waals surface area (Å²) in [6.45, 7) is 0. The minimum absolute atomic E-state index is 0.0756. The van der Waals surface area contributed by atoms with Crippen molar-refractivity contribution in [3.8, 4) is 0 Å². The number of hydrogen-bond acceptors (Lipinski definition) is 5. The van der Waals surface area contributed by atoms with Crippen molar-refractivity contribution in [3.63, 3.8) is 0 Å². The third-order valence-corrected chi connectivity index (χ3v) is 2.80. The number of halogens is 2. The quantitative estimate of drug-likeness (QED) is 0.577. The average molecular weight is 385 g/mol. The molecular weight excluding hydrogens is 371 g/mol. The number of nitrogen functional groups attached to an aromatic ring is 1. The number of primary sulfonamides is 1. The molecule has 2 rings (SSSR count). The van der Waals surface area contributed by atoms with Crippen molar-refractivity contribution in [1.29, 1.82) is 0 Å². The van der Waals surface area contributed by atoms with E-state index in [2.05, 4.69) is 21.4 Å². The summed E-state index contributed by atoms with van der Waals surface area (Å²) in [5.74, 6) is 0. The van der Waals surface area contributed by atoms with Crippen LogP contribution < -0.4 is 10.9 Å². The van der Waals surface area contributed by atoms with Crippen LogP contribution in [0.1, 0.15) is 0 Å². The fourth-order valence-corrected chi connectivity index (χ4v) is 1.56. The largest absolute Gasteiger partial charge is 0.399 e. The summed E-state index contributed by atoms with van der Waals surface area (Å²) in [7, 11) is 1.24. The average Bonchev–Trinajstić information content (AvgIpc) is 2.39. The molecule has 6 nitrogen and oxygen atoms in total. The summed E-state index contributed by atoms with van der Waals surface area (Å²) < 4.78 is 39.7. The first kappa shape index (κ1) is 20.7. The highest BCUT2D eigenvalue weighted by Gasteiger charge is 2.04. The molecule has 0 atom stereocenters. The van der Waals surface area contributed by atoms with Gasteiger partial charge < -0.3 is 5.73 Å². The number of sulfonamides is 1. The molecule has 0 aliphatic carbocycles. The van der Waals surface area contributed by atoms with Gasteiger partial charge in [-0.25, -0.2) is 13.6 Å². The van der Waals surface area contributed by atoms with E-state index < -0.39 is 18.3 Å². The first-order valence-corrected chi connectivity index (χ1v) is 10.2. The molecular formula is C12H14Cl2N2O4S2. The summed E-state index contributed by atoms with van der Waals surface area (Å²) in [5.41, 5.74) is 5.85. The number of rotatable bonds is 1. The second-order valence-electron chi connectivity index (χ2n) is 3.65. The molecule has 0 amide bonds. The van der Waals surface area contributed by atoms with Gasteiger partial charge >= 0.3 is 8.26 Å². The van der Waals surface area contributed by atoms with Crippen LogP contribution in [0.4, 0.5) is 5.69 Å². The lowest BCUT2D eigenvalue weighted by Gasteiger charge is -1.96. The topological polar surface area (TPSA) is 120 Å². The second-order valence-corrected chi connectivity index (χ2v) is 8.88. The van der Waals surface area contributed by atoms with Gasteiger partial charge in [0.2, 0.25) is 10.0 Å². The molecule has 0 bridgehead atoms. The van der Waals surface area contributed by atoms with Gasteiger partial charge in [0.25, 0.3) is 0 Å². The third kappa shape index (κ3) is 13.7. The first-order valence-electron chi connectivity index (χ1n) is 5.53. The maximum atomic E-state index is 10.7. The van der Waals surface area contributed by atoms with E-state index in [9.17, 15) is 8.42 Å². The lowest BCUT2D eigenvalue weighted by molar-refractivity contribution is 0.597. The predicted molar refractivity (Wildman–Crippen MR) is 89.3 cm³/mol. The Morgan fingerprint density at radius 1 is 0.727 bits per heavy atom. The fourth-order valence-electron chi connectivity index (χ4n) is 1.04. The zero-order valence-corrected chi connectivity index (χ0v) is 14.3. The van der Waals surface area contributed by atoms with Crippen molar-refractivity contribution < 1.29 is 16.8 Å². The van der Waals surface area contributed by atoms with Crippen LogP contribution >= 0.6 is 21.4 Å². The van der Waals surface area contributed by atoms with Gasteiger partial charge in [-0.2, -0.15) is 8.42 Å². The molecule has 0 aliphatic rings. The van der Waals surface area contributed by atoms with Gasteiger partial charge in [0, 0.05) is 27.1 Å². The normalized spacial score (nSPS) is 10.5. The molecule has 0 heterocycles. The van der Waals surface area contributed by atoms with Gasteiger partial charge in [0.05, 0.1) is 4.90 Å². The Hall–Kier alpha value is -1.32. The van der Waals surface area contributed by atoms with Gasteiger partial charge in [0.15, 0.2) is 0 Å². The Kier molecular flexibility index (Phi) is 9.07. The van der Waals surface area contributed by atoms with Crippen molar-refractivity contribution in [2.75, 3.05) is 5.73 Å². The van der Waals surface area contributed by atoms with Gasteiger partial charge in [-0.1, -0.05) is 36.4 Å². The number of hydrogen-bond donors (Lipinski definition) is 2. The Labute approximate surface area is 138 Å². The smallest absolute Gasteiger partial charge is 0.317 e. The van der Waals surface area contributed by atoms with Crippen LogP contribution in [0.5, 0.6) is 0 Å². The zero-order valence-electron chi connectivity index (χ0n) is 11.1. The van der Waals surface area contributed by atoms with Crippen LogP contribution in [0.15, 0.2) is 65.6 Å². The number of anilines is 1. The molecule has 0 saturated carbocycles. The molecule has 122 valence electrons. The molecule has 0 saturated heterocycles. The fraction of sp³-hybridized carbons (Fsp3) is 0. The number of benzene rings is 2. The highest BCUT2D eigenvalue weighted by atomic mass is 36.0. The summed E-state index contributed by atoms with van der Waals surface area (Å²) in [5, 5.41) is 4.84. The molecule has 0 fully saturated rings. The Morgan fingerprint density at radius 3 is 1.23 bits per heavy atom. The molecule has 0 radical (unpaired) electrons. The van der Waals surface area contributed by atoms with Crippen molar-refractivity contribution in [3.05, 3.63) is 60.7 Å². The molecule has 0 aliphatic heterocycles. The minimum Gasteiger partial charge on any atom is -0.399 e. The van der Waals surface area contributed by atoms with E-state index in [4.69, 9.17) is 19.3 Å². The third-order valence-electron chi connectivity index (χ3n) is 1.88. The summed E-state index contributed by atoms with van der Waals surface area (Å²) in [6, 6.07) is 17.7. The van der Waals surface area contributed by atoms with Crippen LogP contribution in [-0.2, 0) is 18.3 Å². The summed E-state index contributed by atoms with van der Waals surface area (Å²) in [4.78, 5) is 0.0756. The van der Waals surface area contributed by atoms with E-state index in [1.165, 1.54) is 24.3 Å². The molecule has 22 heavy (non-hydrogen) atoms. The predicted octanol–water partition coefficient (Wildman–Crippen LogP) is 2.31. The van der Waals surface area contributed by atoms with Crippen molar-refractivity contribution in [1.82, 2.24) is 0 Å². The van der Waals surface area contributed by atoms with Gasteiger partial charge in [-0.05, 0) is 24.3 Å². The van der Waals surface area contributed by atoms with Crippen molar-refractivity contribution >= 4 is 45.3 Å². The maximum Gasteiger partial charge on any atom is 0.317 e. The van der Waals surface area contributed by atoms with Crippen LogP contribution in [0.2, 0.25) is 0 Å². The zero-order chi connectivity index (χ0) is 17.2. The Morgan fingerprint density at radius 2 is 1.00 bits per heavy atom. The number of nitrogens with two attached hydrogens (primary N) is 2. The SMILES string of the molecule is Nc1ccc(S(N)(=O)=O)cc1.O=S(=O)(Cl)Cl.c1ccccc1. The monoisotopic (exact) mass is 384 g/mol. The van der Waals surface area contributed by atoms with Gasteiger partial charge in [0.1, 0.15) is 0 Å². The molecule has 0 spiro atoms. The highest BCUT2D eigenvalue weighted by molar-refractivity contribution is 8.31. The van der Waals surface area contributed by atoms with E-state index >= 15 is 0 Å². The second kappa shape index (κ2) is 9.65. The van der Waals surface area contributed by atoms with E-state index in [1.54, 1.807) is 0 Å². The van der Waals surface area contributed by atoms with Crippen molar-refractivity contribution in [2.45, 2.75) is 4.90 Å². The summed E-state index contributed by atoms with van der Waals surface area (Å²) in [6.07, 6.45) is 0. The molecule has 10 heteroatoms.